The third kappa shape index (κ3) is 1.47. The first-order chi connectivity index (χ1) is 8.15. The third-order valence-corrected chi connectivity index (χ3v) is 2.96. The molecule has 1 aromatic carbocycles. The number of rotatable bonds is 1. The highest BCUT2D eigenvalue weighted by Gasteiger charge is 2.07. The van der Waals surface area contributed by atoms with Crippen molar-refractivity contribution in [1.29, 1.82) is 0 Å². The Morgan fingerprint density at radius 1 is 1.29 bits per heavy atom. The first-order valence-corrected chi connectivity index (χ1v) is 5.40. The van der Waals surface area contributed by atoms with Crippen molar-refractivity contribution < 1.29 is 0 Å². The van der Waals surface area contributed by atoms with Crippen molar-refractivity contribution in [3.05, 3.63) is 30.0 Å². The number of nitrogen functional groups attached to an aromatic ring is 1. The maximum absolute atomic E-state index is 5.78. The average molecular weight is 227 g/mol. The van der Waals surface area contributed by atoms with Crippen LogP contribution in [0.1, 0.15) is 5.69 Å². The van der Waals surface area contributed by atoms with E-state index >= 15 is 0 Å². The highest BCUT2D eigenvalue weighted by atomic mass is 15.3. The van der Waals surface area contributed by atoms with Gasteiger partial charge < -0.3 is 5.73 Å². The summed E-state index contributed by atoms with van der Waals surface area (Å²) in [4.78, 5) is 0. The molecule has 0 aliphatic heterocycles. The number of nitrogens with one attached hydrogen (secondary N) is 1. The number of aromatic amines is 1. The number of aryl methyl sites for hydroxylation is 2. The minimum Gasteiger partial charge on any atom is -0.384 e. The van der Waals surface area contributed by atoms with Crippen LogP contribution in [0.5, 0.6) is 0 Å². The largest absolute Gasteiger partial charge is 0.384 e. The molecule has 0 atom stereocenters. The van der Waals surface area contributed by atoms with Crippen LogP contribution in [0.4, 0.5) is 5.82 Å². The van der Waals surface area contributed by atoms with Crippen molar-refractivity contribution in [3.63, 3.8) is 0 Å². The lowest BCUT2D eigenvalue weighted by Gasteiger charge is -1.97. The monoisotopic (exact) mass is 227 g/mol. The number of fused-ring (bicyclic) bond motifs is 1. The average Bonchev–Trinajstić information content (AvgIpc) is 2.84. The Balaban J connectivity index is 2.20. The lowest BCUT2D eigenvalue weighted by Crippen LogP contribution is -1.96. The number of anilines is 1. The van der Waals surface area contributed by atoms with Crippen molar-refractivity contribution in [1.82, 2.24) is 20.0 Å². The summed E-state index contributed by atoms with van der Waals surface area (Å²) in [5.41, 5.74) is 9.74. The van der Waals surface area contributed by atoms with Gasteiger partial charge in [0.1, 0.15) is 5.82 Å². The lowest BCUT2D eigenvalue weighted by molar-refractivity contribution is 0.782. The van der Waals surface area contributed by atoms with E-state index in [1.165, 1.54) is 0 Å². The van der Waals surface area contributed by atoms with Crippen LogP contribution < -0.4 is 5.73 Å². The number of benzene rings is 1. The van der Waals surface area contributed by atoms with E-state index in [0.29, 0.717) is 5.82 Å². The summed E-state index contributed by atoms with van der Waals surface area (Å²) in [5, 5.41) is 12.7. The molecular formula is C12H13N5. The van der Waals surface area contributed by atoms with Crippen molar-refractivity contribution >= 4 is 16.7 Å². The quantitative estimate of drug-likeness (QED) is 0.666. The molecule has 0 amide bonds. The van der Waals surface area contributed by atoms with Gasteiger partial charge in [-0.05, 0) is 19.1 Å². The Kier molecular flexibility index (Phi) is 1.95. The smallest absolute Gasteiger partial charge is 0.121 e. The molecule has 2 aromatic heterocycles. The van der Waals surface area contributed by atoms with E-state index in [9.17, 15) is 0 Å². The fourth-order valence-electron chi connectivity index (χ4n) is 1.92. The van der Waals surface area contributed by atoms with Crippen molar-refractivity contribution in [2.24, 2.45) is 7.05 Å². The Hall–Kier alpha value is -2.30. The highest BCUT2D eigenvalue weighted by Crippen LogP contribution is 2.25. The SMILES string of the molecule is Cc1[nH]nc2ccc(-c3cc(N)n(C)n3)cc12. The van der Waals surface area contributed by atoms with Gasteiger partial charge in [-0.3, -0.25) is 9.78 Å². The van der Waals surface area contributed by atoms with Crippen LogP contribution >= 0.6 is 0 Å². The molecule has 0 spiro atoms. The molecule has 5 heteroatoms. The second-order valence-corrected chi connectivity index (χ2v) is 4.16. The predicted octanol–water partition coefficient (Wildman–Crippen LogP) is 1.85. The number of H-pyrrole nitrogens is 1. The Bertz CT molecular complexity index is 673. The normalized spacial score (nSPS) is 11.2. The van der Waals surface area contributed by atoms with E-state index in [2.05, 4.69) is 21.4 Å². The second-order valence-electron chi connectivity index (χ2n) is 4.16. The fraction of sp³-hybridized carbons (Fsp3) is 0.167. The van der Waals surface area contributed by atoms with Crippen molar-refractivity contribution in [3.8, 4) is 11.3 Å². The van der Waals surface area contributed by atoms with Crippen LogP contribution in [-0.2, 0) is 7.05 Å². The first-order valence-electron chi connectivity index (χ1n) is 5.40. The van der Waals surface area contributed by atoms with Gasteiger partial charge in [0.25, 0.3) is 0 Å². The topological polar surface area (TPSA) is 72.5 Å². The summed E-state index contributed by atoms with van der Waals surface area (Å²) in [6.45, 7) is 2.01. The summed E-state index contributed by atoms with van der Waals surface area (Å²) in [7, 11) is 1.83. The molecule has 0 radical (unpaired) electrons. The number of hydrogen-bond acceptors (Lipinski definition) is 3. The lowest BCUT2D eigenvalue weighted by atomic mass is 10.1. The molecule has 86 valence electrons. The fourth-order valence-corrected chi connectivity index (χ4v) is 1.92. The molecule has 5 nitrogen and oxygen atoms in total. The van der Waals surface area contributed by atoms with Gasteiger partial charge in [0.2, 0.25) is 0 Å². The zero-order valence-electron chi connectivity index (χ0n) is 9.73. The zero-order valence-corrected chi connectivity index (χ0v) is 9.73. The van der Waals surface area contributed by atoms with Crippen LogP contribution in [-0.4, -0.2) is 20.0 Å². The molecule has 0 unspecified atom stereocenters. The Morgan fingerprint density at radius 3 is 2.82 bits per heavy atom. The molecule has 0 aliphatic carbocycles. The van der Waals surface area contributed by atoms with Crippen LogP contribution in [0.15, 0.2) is 24.3 Å². The number of aromatic nitrogens is 4. The third-order valence-electron chi connectivity index (χ3n) is 2.96. The molecule has 0 fully saturated rings. The molecule has 17 heavy (non-hydrogen) atoms. The summed E-state index contributed by atoms with van der Waals surface area (Å²) < 4.78 is 1.67. The zero-order chi connectivity index (χ0) is 12.0. The van der Waals surface area contributed by atoms with Gasteiger partial charge in [0.15, 0.2) is 0 Å². The number of nitrogens with zero attached hydrogens (tertiary/aromatic N) is 3. The van der Waals surface area contributed by atoms with E-state index in [1.54, 1.807) is 4.68 Å². The van der Waals surface area contributed by atoms with Gasteiger partial charge in [-0.25, -0.2) is 0 Å². The minimum absolute atomic E-state index is 0.656. The van der Waals surface area contributed by atoms with Crippen LogP contribution in [0.2, 0.25) is 0 Å². The van der Waals surface area contributed by atoms with Gasteiger partial charge in [-0.15, -0.1) is 0 Å². The molecule has 2 heterocycles. The minimum atomic E-state index is 0.656. The molecule has 0 bridgehead atoms. The Labute approximate surface area is 98.2 Å². The number of hydrogen-bond donors (Lipinski definition) is 2. The highest BCUT2D eigenvalue weighted by molar-refractivity contribution is 5.86. The van der Waals surface area contributed by atoms with Gasteiger partial charge >= 0.3 is 0 Å². The molecule has 0 aliphatic rings. The predicted molar refractivity (Wildman–Crippen MR) is 67.4 cm³/mol. The van der Waals surface area contributed by atoms with Gasteiger partial charge in [0, 0.05) is 29.8 Å². The standard InChI is InChI=1S/C12H13N5/c1-7-9-5-8(3-4-10(9)15-14-7)11-6-12(13)17(2)16-11/h3-6H,13H2,1-2H3,(H,14,15). The summed E-state index contributed by atoms with van der Waals surface area (Å²) >= 11 is 0. The van der Waals surface area contributed by atoms with Gasteiger partial charge in [-0.1, -0.05) is 6.07 Å². The van der Waals surface area contributed by atoms with E-state index < -0.39 is 0 Å². The molecule has 0 saturated heterocycles. The van der Waals surface area contributed by atoms with Gasteiger partial charge in [-0.2, -0.15) is 10.2 Å². The van der Waals surface area contributed by atoms with Crippen molar-refractivity contribution in [2.45, 2.75) is 6.92 Å². The molecule has 3 rings (SSSR count). The maximum atomic E-state index is 5.78. The Morgan fingerprint density at radius 2 is 2.12 bits per heavy atom. The summed E-state index contributed by atoms with van der Waals surface area (Å²) in [5.74, 6) is 0.656. The van der Waals surface area contributed by atoms with E-state index in [0.717, 1.165) is 27.9 Å². The molecule has 3 N–H and O–H groups in total. The number of nitrogens with two attached hydrogens (primary N) is 1. The first kappa shape index (κ1) is 9.89. The van der Waals surface area contributed by atoms with E-state index in [1.807, 2.05) is 32.2 Å². The molecule has 0 saturated carbocycles. The second kappa shape index (κ2) is 3.35. The van der Waals surface area contributed by atoms with Crippen LogP contribution in [0.25, 0.3) is 22.2 Å². The molecule has 3 aromatic rings. The molecular weight excluding hydrogens is 214 g/mol. The van der Waals surface area contributed by atoms with Gasteiger partial charge in [0.05, 0.1) is 11.2 Å². The van der Waals surface area contributed by atoms with E-state index in [-0.39, 0.29) is 0 Å². The van der Waals surface area contributed by atoms with Crippen LogP contribution in [0.3, 0.4) is 0 Å². The van der Waals surface area contributed by atoms with Crippen LogP contribution in [0, 0.1) is 6.92 Å². The summed E-state index contributed by atoms with van der Waals surface area (Å²) in [6.07, 6.45) is 0. The van der Waals surface area contributed by atoms with Crippen molar-refractivity contribution in [2.75, 3.05) is 5.73 Å². The maximum Gasteiger partial charge on any atom is 0.121 e. The van der Waals surface area contributed by atoms with E-state index in [4.69, 9.17) is 5.73 Å². The summed E-state index contributed by atoms with van der Waals surface area (Å²) in [6, 6.07) is 7.94.